The Labute approximate surface area is 156 Å². The lowest BCUT2D eigenvalue weighted by Crippen LogP contribution is -2.47. The zero-order valence-electron chi connectivity index (χ0n) is 14.3. The summed E-state index contributed by atoms with van der Waals surface area (Å²) in [5, 5.41) is 0.775. The second kappa shape index (κ2) is 8.07. The summed E-state index contributed by atoms with van der Waals surface area (Å²) in [6.45, 7) is 3.31. The van der Waals surface area contributed by atoms with E-state index in [9.17, 15) is 4.79 Å². The van der Waals surface area contributed by atoms with Gasteiger partial charge in [-0.05, 0) is 62.1 Å². The molecule has 2 N–H and O–H groups in total. The van der Waals surface area contributed by atoms with Crippen molar-refractivity contribution in [3.63, 3.8) is 0 Å². The van der Waals surface area contributed by atoms with E-state index >= 15 is 0 Å². The Hall–Kier alpha value is -0.770. The monoisotopic (exact) mass is 370 g/mol. The van der Waals surface area contributed by atoms with Gasteiger partial charge in [0, 0.05) is 36.5 Å². The number of hydrogen-bond donors (Lipinski definition) is 1. The normalized spacial score (nSPS) is 26.5. The van der Waals surface area contributed by atoms with Gasteiger partial charge in [0.15, 0.2) is 0 Å². The van der Waals surface area contributed by atoms with E-state index in [0.29, 0.717) is 12.6 Å². The Morgan fingerprint density at radius 3 is 2.46 bits per heavy atom. The van der Waals surface area contributed by atoms with Gasteiger partial charge in [-0.3, -0.25) is 4.79 Å². The van der Waals surface area contributed by atoms with Crippen molar-refractivity contribution in [2.24, 2.45) is 11.7 Å². The van der Waals surface area contributed by atoms with Crippen LogP contribution in [0.25, 0.3) is 0 Å². The molecule has 2 aliphatic carbocycles. The lowest BCUT2D eigenvalue weighted by molar-refractivity contribution is -0.132. The summed E-state index contributed by atoms with van der Waals surface area (Å²) >= 11 is 6.17. The molecule has 24 heavy (non-hydrogen) atoms. The average Bonchev–Trinajstić information content (AvgIpc) is 3.37. The molecule has 0 heterocycles. The molecule has 2 fully saturated rings. The maximum absolute atomic E-state index is 12.0. The van der Waals surface area contributed by atoms with Crippen LogP contribution in [0.4, 0.5) is 0 Å². The molecule has 1 aromatic carbocycles. The number of amides is 1. The quantitative estimate of drug-likeness (QED) is 0.845. The first kappa shape index (κ1) is 19.6. The van der Waals surface area contributed by atoms with Crippen LogP contribution in [0.1, 0.15) is 51.0 Å². The van der Waals surface area contributed by atoms with E-state index in [0.717, 1.165) is 43.2 Å². The van der Waals surface area contributed by atoms with E-state index in [-0.39, 0.29) is 23.7 Å². The number of rotatable bonds is 5. The maximum Gasteiger partial charge on any atom is 0.219 e. The van der Waals surface area contributed by atoms with E-state index in [2.05, 4.69) is 17.0 Å². The smallest absolute Gasteiger partial charge is 0.219 e. The Kier molecular flexibility index (Phi) is 6.58. The van der Waals surface area contributed by atoms with Gasteiger partial charge in [-0.25, -0.2) is 0 Å². The average molecular weight is 371 g/mol. The van der Waals surface area contributed by atoms with Crippen molar-refractivity contribution in [1.82, 2.24) is 4.90 Å². The van der Waals surface area contributed by atoms with Gasteiger partial charge in [0.1, 0.15) is 0 Å². The topological polar surface area (TPSA) is 46.3 Å². The summed E-state index contributed by atoms with van der Waals surface area (Å²) in [6.07, 6.45) is 6.70. The van der Waals surface area contributed by atoms with Gasteiger partial charge in [0.05, 0.1) is 0 Å². The zero-order valence-corrected chi connectivity index (χ0v) is 15.9. The second-order valence-electron chi connectivity index (χ2n) is 7.34. The van der Waals surface area contributed by atoms with E-state index < -0.39 is 0 Å². The Bertz CT molecular complexity index is 566. The highest BCUT2D eigenvalue weighted by molar-refractivity contribution is 6.30. The summed E-state index contributed by atoms with van der Waals surface area (Å²) in [5.41, 5.74) is 7.44. The first-order chi connectivity index (χ1) is 11.0. The molecule has 0 radical (unpaired) electrons. The van der Waals surface area contributed by atoms with Gasteiger partial charge >= 0.3 is 0 Å². The lowest BCUT2D eigenvalue weighted by atomic mass is 9.68. The van der Waals surface area contributed by atoms with Crippen molar-refractivity contribution in [1.29, 1.82) is 0 Å². The summed E-state index contributed by atoms with van der Waals surface area (Å²) in [7, 11) is 0. The van der Waals surface area contributed by atoms with Gasteiger partial charge in [-0.2, -0.15) is 0 Å². The lowest BCUT2D eigenvalue weighted by Gasteiger charge is -2.43. The fourth-order valence-corrected chi connectivity index (χ4v) is 4.20. The highest BCUT2D eigenvalue weighted by Crippen LogP contribution is 2.41. The zero-order chi connectivity index (χ0) is 16.4. The van der Waals surface area contributed by atoms with Crippen LogP contribution in [-0.2, 0) is 10.2 Å². The largest absolute Gasteiger partial charge is 0.340 e. The SMILES string of the molecule is CC(=O)N(CC1CC1)C1CCC(CN)(c2cccc(Cl)c2)CC1.Cl. The number of halogens is 2. The molecule has 0 spiro atoms. The van der Waals surface area contributed by atoms with Gasteiger partial charge in [-0.15, -0.1) is 12.4 Å². The minimum Gasteiger partial charge on any atom is -0.340 e. The molecule has 0 aromatic heterocycles. The number of nitrogens with zero attached hydrogens (tertiary/aromatic N) is 1. The van der Waals surface area contributed by atoms with Crippen LogP contribution in [0.15, 0.2) is 24.3 Å². The Balaban J connectivity index is 0.00000208. The summed E-state index contributed by atoms with van der Waals surface area (Å²) in [6, 6.07) is 8.50. The molecule has 1 amide bonds. The highest BCUT2D eigenvalue weighted by atomic mass is 35.5. The Morgan fingerprint density at radius 1 is 1.29 bits per heavy atom. The molecule has 3 nitrogen and oxygen atoms in total. The first-order valence-corrected chi connectivity index (χ1v) is 9.15. The Morgan fingerprint density at radius 2 is 1.96 bits per heavy atom. The van der Waals surface area contributed by atoms with Crippen molar-refractivity contribution in [2.45, 2.75) is 56.9 Å². The van der Waals surface area contributed by atoms with Crippen LogP contribution < -0.4 is 5.73 Å². The third kappa shape index (κ3) is 4.25. The van der Waals surface area contributed by atoms with Gasteiger partial charge in [-0.1, -0.05) is 23.7 Å². The van der Waals surface area contributed by atoms with Crippen molar-refractivity contribution in [3.05, 3.63) is 34.9 Å². The van der Waals surface area contributed by atoms with E-state index in [1.54, 1.807) is 6.92 Å². The number of carbonyl (C=O) groups is 1. The van der Waals surface area contributed by atoms with Crippen LogP contribution in [0.3, 0.4) is 0 Å². The molecule has 0 unspecified atom stereocenters. The van der Waals surface area contributed by atoms with Crippen LogP contribution in [0.5, 0.6) is 0 Å². The molecule has 0 aliphatic heterocycles. The molecule has 3 rings (SSSR count). The summed E-state index contributed by atoms with van der Waals surface area (Å²) in [4.78, 5) is 14.2. The van der Waals surface area contributed by atoms with E-state index in [4.69, 9.17) is 17.3 Å². The molecule has 0 bridgehead atoms. The van der Waals surface area contributed by atoms with E-state index in [1.807, 2.05) is 12.1 Å². The summed E-state index contributed by atoms with van der Waals surface area (Å²) < 4.78 is 0. The first-order valence-electron chi connectivity index (χ1n) is 8.77. The van der Waals surface area contributed by atoms with Gasteiger partial charge in [0.2, 0.25) is 5.91 Å². The fourth-order valence-electron chi connectivity index (χ4n) is 4.01. The molecule has 0 saturated heterocycles. The predicted molar refractivity (Wildman–Crippen MR) is 102 cm³/mol. The van der Waals surface area contributed by atoms with Crippen molar-refractivity contribution >= 4 is 29.9 Å². The minimum atomic E-state index is 0. The highest BCUT2D eigenvalue weighted by Gasteiger charge is 2.39. The fraction of sp³-hybridized carbons (Fsp3) is 0.632. The summed E-state index contributed by atoms with van der Waals surface area (Å²) in [5.74, 6) is 0.970. The molecular weight excluding hydrogens is 343 g/mol. The number of benzene rings is 1. The standard InChI is InChI=1S/C19H27ClN2O.ClH/c1-14(23)22(12-15-5-6-15)18-7-9-19(13-21,10-8-18)16-3-2-4-17(20)11-16;/h2-4,11,15,18H,5-10,12-13,21H2,1H3;1H. The number of carbonyl (C=O) groups excluding carboxylic acids is 1. The molecule has 5 heteroatoms. The molecule has 0 atom stereocenters. The number of nitrogens with two attached hydrogens (primary N) is 1. The molecule has 1 aromatic rings. The second-order valence-corrected chi connectivity index (χ2v) is 7.78. The molecule has 2 saturated carbocycles. The third-order valence-corrected chi connectivity index (χ3v) is 5.97. The third-order valence-electron chi connectivity index (χ3n) is 5.74. The molecule has 2 aliphatic rings. The van der Waals surface area contributed by atoms with E-state index in [1.165, 1.54) is 18.4 Å². The van der Waals surface area contributed by atoms with Crippen molar-refractivity contribution in [2.75, 3.05) is 13.1 Å². The predicted octanol–water partition coefficient (Wildman–Crippen LogP) is 4.16. The van der Waals surface area contributed by atoms with Crippen molar-refractivity contribution in [3.8, 4) is 0 Å². The van der Waals surface area contributed by atoms with Gasteiger partial charge < -0.3 is 10.6 Å². The molecular formula is C19H28Cl2N2O. The van der Waals surface area contributed by atoms with Crippen molar-refractivity contribution < 1.29 is 4.79 Å². The van der Waals surface area contributed by atoms with Crippen LogP contribution in [0, 0.1) is 5.92 Å². The molecule has 134 valence electrons. The van der Waals surface area contributed by atoms with Crippen LogP contribution >= 0.6 is 24.0 Å². The van der Waals surface area contributed by atoms with Gasteiger partial charge in [0.25, 0.3) is 0 Å². The maximum atomic E-state index is 12.0. The number of hydrogen-bond acceptors (Lipinski definition) is 2. The van der Waals surface area contributed by atoms with Crippen LogP contribution in [0.2, 0.25) is 5.02 Å². The minimum absolute atomic E-state index is 0. The van der Waals surface area contributed by atoms with Crippen LogP contribution in [-0.4, -0.2) is 29.9 Å².